The Bertz CT molecular complexity index is 667. The molecule has 2 aromatic rings. The zero-order valence-electron chi connectivity index (χ0n) is 11.0. The van der Waals surface area contributed by atoms with Crippen molar-refractivity contribution in [2.24, 2.45) is 5.73 Å². The molecule has 6 heteroatoms. The molecule has 3 rings (SSSR count). The van der Waals surface area contributed by atoms with Gasteiger partial charge in [0.15, 0.2) is 0 Å². The molecule has 0 spiro atoms. The van der Waals surface area contributed by atoms with Crippen molar-refractivity contribution >= 4 is 22.3 Å². The minimum Gasteiger partial charge on any atom is -0.381 e. The monoisotopic (exact) mass is 272 g/mol. The van der Waals surface area contributed by atoms with Gasteiger partial charge >= 0.3 is 0 Å². The Morgan fingerprint density at radius 1 is 1.40 bits per heavy atom. The summed E-state index contributed by atoms with van der Waals surface area (Å²) in [4.78, 5) is 14.9. The molecule has 1 aliphatic carbocycles. The first-order chi connectivity index (χ1) is 9.59. The van der Waals surface area contributed by atoms with Gasteiger partial charge in [-0.25, -0.2) is 0 Å². The lowest BCUT2D eigenvalue weighted by Gasteiger charge is -2.38. The second-order valence-electron chi connectivity index (χ2n) is 5.36. The molecule has 1 fully saturated rings. The smallest absolute Gasteiger partial charge is 0.278 e. The molecule has 0 saturated heterocycles. The van der Waals surface area contributed by atoms with Gasteiger partial charge in [0.05, 0.1) is 16.0 Å². The molecule has 20 heavy (non-hydrogen) atoms. The Kier molecular flexibility index (Phi) is 3.02. The number of pyridine rings is 1. The Morgan fingerprint density at radius 3 is 2.85 bits per heavy atom. The number of nitrogens with one attached hydrogen (secondary N) is 1. The zero-order valence-corrected chi connectivity index (χ0v) is 11.0. The predicted molar refractivity (Wildman–Crippen MR) is 77.7 cm³/mol. The third-order valence-electron chi connectivity index (χ3n) is 3.92. The van der Waals surface area contributed by atoms with E-state index in [1.807, 2.05) is 0 Å². The summed E-state index contributed by atoms with van der Waals surface area (Å²) in [5.74, 6) is 0. The molecule has 6 nitrogen and oxygen atoms in total. The van der Waals surface area contributed by atoms with Crippen LogP contribution in [0.3, 0.4) is 0 Å². The van der Waals surface area contributed by atoms with Crippen LogP contribution in [0.15, 0.2) is 30.5 Å². The van der Waals surface area contributed by atoms with Crippen molar-refractivity contribution < 1.29 is 4.92 Å². The number of benzene rings is 1. The standard InChI is InChI=1S/C14H16N4O2/c15-14(6-2-7-14)9-17-11-4-5-12(18(19)20)10-3-1-8-16-13(10)11/h1,3-5,8,17H,2,6-7,9,15H2. The van der Waals surface area contributed by atoms with Gasteiger partial charge in [-0.05, 0) is 37.5 Å². The number of non-ortho nitro benzene ring substituents is 1. The van der Waals surface area contributed by atoms with Crippen LogP contribution >= 0.6 is 0 Å². The highest BCUT2D eigenvalue weighted by atomic mass is 16.6. The van der Waals surface area contributed by atoms with Crippen LogP contribution < -0.4 is 11.1 Å². The van der Waals surface area contributed by atoms with Crippen LogP contribution in [0, 0.1) is 10.1 Å². The highest BCUT2D eigenvalue weighted by Gasteiger charge is 2.32. The maximum atomic E-state index is 11.0. The molecule has 1 aliphatic rings. The summed E-state index contributed by atoms with van der Waals surface area (Å²) in [6.45, 7) is 0.663. The minimum atomic E-state index is -0.385. The van der Waals surface area contributed by atoms with Gasteiger partial charge < -0.3 is 11.1 Å². The van der Waals surface area contributed by atoms with Gasteiger partial charge in [0.25, 0.3) is 5.69 Å². The van der Waals surface area contributed by atoms with Gasteiger partial charge in [0.1, 0.15) is 5.52 Å². The summed E-state index contributed by atoms with van der Waals surface area (Å²) in [6.07, 6.45) is 4.83. The highest BCUT2D eigenvalue weighted by molar-refractivity contribution is 5.96. The number of hydrogen-bond acceptors (Lipinski definition) is 5. The van der Waals surface area contributed by atoms with Crippen LogP contribution in [0.2, 0.25) is 0 Å². The van der Waals surface area contributed by atoms with Crippen molar-refractivity contribution in [3.63, 3.8) is 0 Å². The number of rotatable bonds is 4. The lowest BCUT2D eigenvalue weighted by atomic mass is 9.78. The lowest BCUT2D eigenvalue weighted by Crippen LogP contribution is -2.51. The SMILES string of the molecule is NC1(CNc2ccc([N+](=O)[O-])c3cccnc23)CCC1. The second kappa shape index (κ2) is 4.72. The van der Waals surface area contributed by atoms with Crippen LogP contribution in [-0.4, -0.2) is 22.0 Å². The van der Waals surface area contributed by atoms with E-state index >= 15 is 0 Å². The quantitative estimate of drug-likeness (QED) is 0.658. The fourth-order valence-corrected chi connectivity index (χ4v) is 2.54. The van der Waals surface area contributed by atoms with Gasteiger partial charge in [-0.3, -0.25) is 15.1 Å². The van der Waals surface area contributed by atoms with E-state index in [1.165, 1.54) is 6.07 Å². The average Bonchev–Trinajstić information content (AvgIpc) is 2.42. The molecule has 1 aromatic heterocycles. The van der Waals surface area contributed by atoms with E-state index in [1.54, 1.807) is 24.4 Å². The molecule has 0 unspecified atom stereocenters. The van der Waals surface area contributed by atoms with Gasteiger partial charge in [-0.1, -0.05) is 0 Å². The van der Waals surface area contributed by atoms with E-state index in [9.17, 15) is 10.1 Å². The molecule has 0 amide bonds. The van der Waals surface area contributed by atoms with Crippen molar-refractivity contribution in [2.75, 3.05) is 11.9 Å². The average molecular weight is 272 g/mol. The first-order valence-corrected chi connectivity index (χ1v) is 6.64. The van der Waals surface area contributed by atoms with E-state index in [4.69, 9.17) is 5.73 Å². The molecule has 0 aliphatic heterocycles. The van der Waals surface area contributed by atoms with Gasteiger partial charge in [-0.15, -0.1) is 0 Å². The van der Waals surface area contributed by atoms with Crippen molar-refractivity contribution in [1.29, 1.82) is 0 Å². The topological polar surface area (TPSA) is 94.1 Å². The maximum Gasteiger partial charge on any atom is 0.278 e. The molecule has 3 N–H and O–H groups in total. The number of anilines is 1. The molecule has 104 valence electrons. The number of fused-ring (bicyclic) bond motifs is 1. The Labute approximate surface area is 116 Å². The van der Waals surface area contributed by atoms with Gasteiger partial charge in [-0.2, -0.15) is 0 Å². The van der Waals surface area contributed by atoms with Crippen molar-refractivity contribution in [3.8, 4) is 0 Å². The molecule has 0 bridgehead atoms. The van der Waals surface area contributed by atoms with Crippen LogP contribution in [0.5, 0.6) is 0 Å². The number of nitro groups is 1. The van der Waals surface area contributed by atoms with Crippen LogP contribution in [0.1, 0.15) is 19.3 Å². The van der Waals surface area contributed by atoms with Gasteiger partial charge in [0, 0.05) is 24.3 Å². The van der Waals surface area contributed by atoms with Crippen LogP contribution in [-0.2, 0) is 0 Å². The van der Waals surface area contributed by atoms with E-state index in [2.05, 4.69) is 10.3 Å². The molecule has 0 atom stereocenters. The molecule has 0 radical (unpaired) electrons. The Morgan fingerprint density at radius 2 is 2.20 bits per heavy atom. The molecule has 1 heterocycles. The van der Waals surface area contributed by atoms with E-state index in [-0.39, 0.29) is 16.1 Å². The lowest BCUT2D eigenvalue weighted by molar-refractivity contribution is -0.383. The fourth-order valence-electron chi connectivity index (χ4n) is 2.54. The van der Waals surface area contributed by atoms with E-state index < -0.39 is 0 Å². The zero-order chi connectivity index (χ0) is 14.2. The number of nitro benzene ring substituents is 1. The predicted octanol–water partition coefficient (Wildman–Crippen LogP) is 2.44. The molecular weight excluding hydrogens is 256 g/mol. The molecule has 1 saturated carbocycles. The third-order valence-corrected chi connectivity index (χ3v) is 3.92. The minimum absolute atomic E-state index is 0.0738. The normalized spacial score (nSPS) is 16.6. The summed E-state index contributed by atoms with van der Waals surface area (Å²) in [6, 6.07) is 6.63. The number of nitrogens with zero attached hydrogens (tertiary/aromatic N) is 2. The first-order valence-electron chi connectivity index (χ1n) is 6.64. The Hall–Kier alpha value is -2.21. The largest absolute Gasteiger partial charge is 0.381 e. The van der Waals surface area contributed by atoms with Crippen molar-refractivity contribution in [1.82, 2.24) is 4.98 Å². The molecule has 1 aromatic carbocycles. The van der Waals surface area contributed by atoms with E-state index in [0.29, 0.717) is 17.4 Å². The molecular formula is C14H16N4O2. The maximum absolute atomic E-state index is 11.0. The van der Waals surface area contributed by atoms with Crippen LogP contribution in [0.4, 0.5) is 11.4 Å². The number of aromatic nitrogens is 1. The van der Waals surface area contributed by atoms with Gasteiger partial charge in [0.2, 0.25) is 0 Å². The third kappa shape index (κ3) is 2.18. The summed E-state index contributed by atoms with van der Waals surface area (Å²) >= 11 is 0. The second-order valence-corrected chi connectivity index (χ2v) is 5.36. The first kappa shape index (κ1) is 12.8. The van der Waals surface area contributed by atoms with Crippen molar-refractivity contribution in [3.05, 3.63) is 40.6 Å². The van der Waals surface area contributed by atoms with Crippen molar-refractivity contribution in [2.45, 2.75) is 24.8 Å². The summed E-state index contributed by atoms with van der Waals surface area (Å²) < 4.78 is 0. The summed E-state index contributed by atoms with van der Waals surface area (Å²) in [5.41, 5.74) is 7.52. The highest BCUT2D eigenvalue weighted by Crippen LogP contribution is 2.32. The van der Waals surface area contributed by atoms with E-state index in [0.717, 1.165) is 24.9 Å². The summed E-state index contributed by atoms with van der Waals surface area (Å²) in [7, 11) is 0. The summed E-state index contributed by atoms with van der Waals surface area (Å²) in [5, 5.41) is 14.9. The Balaban J connectivity index is 1.95. The number of nitrogens with two attached hydrogens (primary N) is 1. The number of hydrogen-bond donors (Lipinski definition) is 2. The van der Waals surface area contributed by atoms with Crippen LogP contribution in [0.25, 0.3) is 10.9 Å². The fraction of sp³-hybridized carbons (Fsp3) is 0.357.